The maximum atomic E-state index is 13.4. The number of rotatable bonds is 8. The quantitative estimate of drug-likeness (QED) is 0.379. The number of hydrogen-bond donors (Lipinski definition) is 0. The third-order valence-electron chi connectivity index (χ3n) is 5.86. The first-order chi connectivity index (χ1) is 16.2. The zero-order valence-electron chi connectivity index (χ0n) is 18.3. The zero-order chi connectivity index (χ0) is 22.5. The number of hydrogen-bond acceptors (Lipinski definition) is 6. The van der Waals surface area contributed by atoms with Crippen LogP contribution in [0, 0.1) is 5.82 Å². The Kier molecular flexibility index (Phi) is 6.83. The van der Waals surface area contributed by atoms with Crippen LogP contribution in [0.3, 0.4) is 0 Å². The number of thioether (sulfide) groups is 1. The highest BCUT2D eigenvalue weighted by atomic mass is 32.2. The highest BCUT2D eigenvalue weighted by molar-refractivity contribution is 7.99. The Bertz CT molecular complexity index is 1180. The Balaban J connectivity index is 1.20. The van der Waals surface area contributed by atoms with Gasteiger partial charge in [0.15, 0.2) is 5.16 Å². The number of piperidine rings is 1. The van der Waals surface area contributed by atoms with Crippen molar-refractivity contribution in [1.82, 2.24) is 24.4 Å². The molecule has 0 radical (unpaired) electrons. The molecule has 33 heavy (non-hydrogen) atoms. The van der Waals surface area contributed by atoms with Crippen LogP contribution < -0.4 is 4.74 Å². The fraction of sp³-hybridized carbons (Fsp3) is 0.320. The van der Waals surface area contributed by atoms with Gasteiger partial charge in [-0.2, -0.15) is 0 Å². The monoisotopic (exact) mass is 463 g/mol. The molecule has 0 saturated carbocycles. The van der Waals surface area contributed by atoms with Crippen LogP contribution in [0.15, 0.2) is 72.1 Å². The smallest absolute Gasteiger partial charge is 0.316 e. The predicted octanol–water partition coefficient (Wildman–Crippen LogP) is 4.65. The highest BCUT2D eigenvalue weighted by Crippen LogP contribution is 2.32. The fourth-order valence-electron chi connectivity index (χ4n) is 4.09. The number of aromatic nitrogens is 4. The maximum Gasteiger partial charge on any atom is 0.316 e. The van der Waals surface area contributed by atoms with Crippen LogP contribution >= 0.6 is 11.8 Å². The number of para-hydroxylation sites is 2. The minimum absolute atomic E-state index is 0.211. The second-order valence-electron chi connectivity index (χ2n) is 8.13. The van der Waals surface area contributed by atoms with Crippen LogP contribution in [-0.4, -0.2) is 55.9 Å². The van der Waals surface area contributed by atoms with E-state index in [-0.39, 0.29) is 5.82 Å². The van der Waals surface area contributed by atoms with E-state index in [0.29, 0.717) is 24.4 Å². The van der Waals surface area contributed by atoms with E-state index >= 15 is 0 Å². The summed E-state index contributed by atoms with van der Waals surface area (Å²) in [5, 5.41) is 1.55. The number of benzene rings is 2. The maximum absolute atomic E-state index is 13.4. The van der Waals surface area contributed by atoms with E-state index in [1.807, 2.05) is 36.0 Å². The molecule has 1 fully saturated rings. The van der Waals surface area contributed by atoms with Gasteiger partial charge in [0.25, 0.3) is 0 Å². The van der Waals surface area contributed by atoms with E-state index in [9.17, 15) is 4.39 Å². The first kappa shape index (κ1) is 21.9. The number of nitrogens with zero attached hydrogens (tertiary/aromatic N) is 5. The van der Waals surface area contributed by atoms with Crippen molar-refractivity contribution in [3.8, 4) is 6.01 Å². The molecule has 0 bridgehead atoms. The third kappa shape index (κ3) is 5.51. The molecule has 170 valence electrons. The van der Waals surface area contributed by atoms with Gasteiger partial charge in [-0.25, -0.2) is 19.3 Å². The van der Waals surface area contributed by atoms with E-state index in [2.05, 4.69) is 31.6 Å². The molecule has 5 rings (SSSR count). The molecule has 2 aromatic carbocycles. The lowest BCUT2D eigenvalue weighted by molar-refractivity contribution is 0.179. The van der Waals surface area contributed by atoms with Crippen molar-refractivity contribution < 1.29 is 9.13 Å². The minimum atomic E-state index is -0.211. The third-order valence-corrected chi connectivity index (χ3v) is 7.19. The molecule has 1 aliphatic heterocycles. The van der Waals surface area contributed by atoms with E-state index in [1.165, 1.54) is 12.1 Å². The van der Waals surface area contributed by atoms with Crippen molar-refractivity contribution in [3.63, 3.8) is 0 Å². The number of imidazole rings is 1. The van der Waals surface area contributed by atoms with Crippen LogP contribution in [0.1, 0.15) is 18.4 Å². The molecule has 8 heteroatoms. The summed E-state index contributed by atoms with van der Waals surface area (Å²) in [6, 6.07) is 17.2. The molecule has 3 heterocycles. The summed E-state index contributed by atoms with van der Waals surface area (Å²) in [6.45, 7) is 4.22. The summed E-state index contributed by atoms with van der Waals surface area (Å²) >= 11 is 1.86. The molecule has 0 atom stereocenters. The molecule has 0 N–H and O–H groups in total. The number of fused-ring (bicyclic) bond motifs is 1. The summed E-state index contributed by atoms with van der Waals surface area (Å²) in [5.41, 5.74) is 3.18. The van der Waals surface area contributed by atoms with Gasteiger partial charge in [-0.1, -0.05) is 36.0 Å². The normalized spacial score (nSPS) is 15.2. The van der Waals surface area contributed by atoms with Crippen LogP contribution in [0.5, 0.6) is 6.01 Å². The van der Waals surface area contributed by atoms with E-state index < -0.39 is 0 Å². The van der Waals surface area contributed by atoms with Crippen LogP contribution in [0.4, 0.5) is 4.39 Å². The average Bonchev–Trinajstić information content (AvgIpc) is 3.19. The lowest BCUT2D eigenvalue weighted by atomic mass is 10.1. The second-order valence-corrected chi connectivity index (χ2v) is 9.40. The number of likely N-dealkylation sites (tertiary alicyclic amines) is 1. The van der Waals surface area contributed by atoms with Crippen LogP contribution in [-0.2, 0) is 6.54 Å². The van der Waals surface area contributed by atoms with Crippen molar-refractivity contribution in [3.05, 3.63) is 78.4 Å². The largest absolute Gasteiger partial charge is 0.462 e. The molecule has 1 saturated heterocycles. The molecule has 0 amide bonds. The summed E-state index contributed by atoms with van der Waals surface area (Å²) in [5.74, 6) is -0.211. The Morgan fingerprint density at radius 3 is 2.52 bits per heavy atom. The predicted molar refractivity (Wildman–Crippen MR) is 128 cm³/mol. The Labute approximate surface area is 196 Å². The first-order valence-electron chi connectivity index (χ1n) is 11.2. The van der Waals surface area contributed by atoms with Gasteiger partial charge in [-0.15, -0.1) is 0 Å². The molecular formula is C25H26FN5OS. The Hall–Kier alpha value is -2.97. The molecule has 6 nitrogen and oxygen atoms in total. The van der Waals surface area contributed by atoms with Gasteiger partial charge in [-0.05, 0) is 61.8 Å². The Morgan fingerprint density at radius 2 is 1.73 bits per heavy atom. The van der Waals surface area contributed by atoms with Gasteiger partial charge in [0.2, 0.25) is 0 Å². The van der Waals surface area contributed by atoms with Gasteiger partial charge in [0, 0.05) is 24.2 Å². The lowest BCUT2D eigenvalue weighted by Crippen LogP contribution is -2.37. The summed E-state index contributed by atoms with van der Waals surface area (Å²) < 4.78 is 21.3. The summed E-state index contributed by atoms with van der Waals surface area (Å²) in [6.07, 6.45) is 5.58. The van der Waals surface area contributed by atoms with Gasteiger partial charge in [0.05, 0.1) is 17.6 Å². The minimum Gasteiger partial charge on any atom is -0.462 e. The van der Waals surface area contributed by atoms with Crippen molar-refractivity contribution in [2.45, 2.75) is 29.8 Å². The fourth-order valence-corrected chi connectivity index (χ4v) is 5.28. The SMILES string of the molecule is Fc1ccc(Cn2c(SC3CCN(CCOc4ncccn4)CC3)nc3ccccc32)cc1. The average molecular weight is 464 g/mol. The molecular weight excluding hydrogens is 437 g/mol. The zero-order valence-corrected chi connectivity index (χ0v) is 19.1. The van der Waals surface area contributed by atoms with Gasteiger partial charge < -0.3 is 9.30 Å². The standard InChI is InChI=1S/C25H26FN5OS/c26-20-8-6-19(7-9-20)18-31-23-5-2-1-4-22(23)29-25(31)33-21-10-14-30(15-11-21)16-17-32-24-27-12-3-13-28-24/h1-9,12-13,21H,10-11,14-18H2. The second kappa shape index (κ2) is 10.3. The first-order valence-corrected chi connectivity index (χ1v) is 12.1. The van der Waals surface area contributed by atoms with E-state index in [0.717, 1.165) is 54.2 Å². The van der Waals surface area contributed by atoms with Gasteiger partial charge in [-0.3, -0.25) is 4.90 Å². The lowest BCUT2D eigenvalue weighted by Gasteiger charge is -2.31. The van der Waals surface area contributed by atoms with Crippen molar-refractivity contribution in [1.29, 1.82) is 0 Å². The molecule has 2 aromatic heterocycles. The van der Waals surface area contributed by atoms with Crippen LogP contribution in [0.25, 0.3) is 11.0 Å². The van der Waals surface area contributed by atoms with Crippen LogP contribution in [0.2, 0.25) is 0 Å². The molecule has 0 unspecified atom stereocenters. The Morgan fingerprint density at radius 1 is 0.970 bits per heavy atom. The van der Waals surface area contributed by atoms with Crippen molar-refractivity contribution in [2.75, 3.05) is 26.2 Å². The van der Waals surface area contributed by atoms with Gasteiger partial charge in [0.1, 0.15) is 12.4 Å². The topological polar surface area (TPSA) is 56.1 Å². The highest BCUT2D eigenvalue weighted by Gasteiger charge is 2.23. The molecule has 4 aromatic rings. The van der Waals surface area contributed by atoms with Crippen molar-refractivity contribution >= 4 is 22.8 Å². The summed E-state index contributed by atoms with van der Waals surface area (Å²) in [7, 11) is 0. The number of halogens is 1. The van der Waals surface area contributed by atoms with E-state index in [1.54, 1.807) is 18.5 Å². The molecule has 1 aliphatic rings. The van der Waals surface area contributed by atoms with E-state index in [4.69, 9.17) is 9.72 Å². The molecule has 0 aliphatic carbocycles. The van der Waals surface area contributed by atoms with Gasteiger partial charge >= 0.3 is 6.01 Å². The summed E-state index contributed by atoms with van der Waals surface area (Å²) in [4.78, 5) is 15.6. The molecule has 0 spiro atoms. The number of ether oxygens (including phenoxy) is 1. The van der Waals surface area contributed by atoms with Crippen molar-refractivity contribution in [2.24, 2.45) is 0 Å².